The maximum atomic E-state index is 4.22. The Balaban J connectivity index is 1.35. The van der Waals surface area contributed by atoms with Crippen LogP contribution in [0.4, 0.5) is 45.5 Å². The van der Waals surface area contributed by atoms with E-state index in [-0.39, 0.29) is 43.3 Å². The van der Waals surface area contributed by atoms with Crippen LogP contribution in [0, 0.1) is 0 Å². The Morgan fingerprint density at radius 2 is 0.456 bits per heavy atom. The first-order chi connectivity index (χ1) is 31.2. The lowest BCUT2D eigenvalue weighted by molar-refractivity contribution is 0.576. The summed E-state index contributed by atoms with van der Waals surface area (Å²) in [4.78, 5) is 0. The molecule has 0 bridgehead atoms. The average molecular weight is 903 g/mol. The van der Waals surface area contributed by atoms with Crippen LogP contribution in [-0.4, -0.2) is 0 Å². The van der Waals surface area contributed by atoms with Crippen LogP contribution >= 0.6 is 0 Å². The van der Waals surface area contributed by atoms with E-state index in [4.69, 9.17) is 0 Å². The van der Waals surface area contributed by atoms with E-state index in [2.05, 4.69) is 245 Å². The number of fused-ring (bicyclic) bond motifs is 8. The molecular formula is C64H78N4. The topological polar surface area (TPSA) is 48.1 Å². The van der Waals surface area contributed by atoms with Crippen LogP contribution in [0.25, 0.3) is 11.1 Å². The molecule has 0 aromatic heterocycles. The molecule has 4 heteroatoms. The minimum absolute atomic E-state index is 0.0137. The lowest BCUT2D eigenvalue weighted by Crippen LogP contribution is -2.34. The van der Waals surface area contributed by atoms with Crippen LogP contribution in [0.1, 0.15) is 205 Å². The number of anilines is 8. The van der Waals surface area contributed by atoms with Gasteiger partial charge in [-0.15, -0.1) is 0 Å². The summed E-state index contributed by atoms with van der Waals surface area (Å²) in [7, 11) is 0. The molecule has 0 amide bonds. The van der Waals surface area contributed by atoms with Gasteiger partial charge in [0.15, 0.2) is 0 Å². The number of nitrogens with one attached hydrogen (secondary N) is 4. The second kappa shape index (κ2) is 14.1. The van der Waals surface area contributed by atoms with E-state index in [1.54, 1.807) is 0 Å². The fraction of sp³-hybridized carbons (Fsp3) is 0.438. The van der Waals surface area contributed by atoms with Gasteiger partial charge in [0, 0.05) is 55.5 Å². The Morgan fingerprint density at radius 3 is 0.632 bits per heavy atom. The number of hydrogen-bond acceptors (Lipinski definition) is 4. The fourth-order valence-electron chi connectivity index (χ4n) is 12.0. The van der Waals surface area contributed by atoms with Crippen LogP contribution in [0.15, 0.2) is 84.9 Å². The molecule has 6 aromatic carbocycles. The van der Waals surface area contributed by atoms with E-state index in [0.29, 0.717) is 0 Å². The second-order valence-electron chi connectivity index (χ2n) is 27.2. The second-order valence-corrected chi connectivity index (χ2v) is 27.2. The Kier molecular flexibility index (Phi) is 9.58. The molecule has 4 heterocycles. The molecule has 4 N–H and O–H groups in total. The van der Waals surface area contributed by atoms with Gasteiger partial charge in [-0.1, -0.05) is 187 Å². The summed E-state index contributed by atoms with van der Waals surface area (Å²) in [5, 5.41) is 16.9. The highest BCUT2D eigenvalue weighted by atomic mass is 15.0. The summed E-state index contributed by atoms with van der Waals surface area (Å²) in [6.07, 6.45) is 0. The van der Waals surface area contributed by atoms with Crippen molar-refractivity contribution < 1.29 is 0 Å². The molecule has 68 heavy (non-hydrogen) atoms. The van der Waals surface area contributed by atoms with Crippen LogP contribution in [0.5, 0.6) is 0 Å². The van der Waals surface area contributed by atoms with Gasteiger partial charge in [-0.2, -0.15) is 0 Å². The van der Waals surface area contributed by atoms with Crippen molar-refractivity contribution in [2.24, 2.45) is 0 Å². The van der Waals surface area contributed by atoms with Crippen molar-refractivity contribution in [3.8, 4) is 11.1 Å². The van der Waals surface area contributed by atoms with Crippen molar-refractivity contribution in [1.82, 2.24) is 0 Å². The van der Waals surface area contributed by atoms with E-state index >= 15 is 0 Å². The zero-order valence-electron chi connectivity index (χ0n) is 45.1. The van der Waals surface area contributed by atoms with E-state index < -0.39 is 0 Å². The SMILES string of the molecule is CC(C)(C)c1ccc2c(c1)C(C)(C)c1cc3c(c(-c4c5c(cc6c4Nc4ccc(C(C)(C)C)cc4C6(C)C)C(C)(C)c4cc(C(C)(C)C)ccc4N5)c1N2)Nc1ccc(C(C)(C)C)cc1C3(C)C. The van der Waals surface area contributed by atoms with Gasteiger partial charge in [-0.05, 0) is 125 Å². The number of benzene rings is 6. The first kappa shape index (κ1) is 46.3. The monoisotopic (exact) mass is 903 g/mol. The van der Waals surface area contributed by atoms with Crippen LogP contribution in [-0.2, 0) is 43.3 Å². The first-order valence-corrected chi connectivity index (χ1v) is 25.4. The van der Waals surface area contributed by atoms with Gasteiger partial charge in [0.05, 0.1) is 22.7 Å². The standard InChI is InChI=1S/C64H78N4/c1-57(2,3)35-21-25-47-39(29-35)61(13,14)43-33-44-54(66-48-26-22-36(58(4,5)6)30-40(48)62(44,15)16)51(53(43)65-47)52-55-45(63(17,18)41-31-37(59(7,8)9)23-27-49(41)67-55)34-46-56(52)68-50-28-24-38(60(10,11)12)32-42(50)64(46,19)20/h21-34,65-68H,1-20H3. The first-order valence-electron chi connectivity index (χ1n) is 25.4. The summed E-state index contributed by atoms with van der Waals surface area (Å²) >= 11 is 0. The lowest BCUT2D eigenvalue weighted by Gasteiger charge is -2.46. The van der Waals surface area contributed by atoms with Crippen LogP contribution in [0.2, 0.25) is 0 Å². The zero-order valence-corrected chi connectivity index (χ0v) is 45.1. The molecule has 0 aliphatic carbocycles. The van der Waals surface area contributed by atoms with E-state index in [0.717, 1.165) is 0 Å². The Bertz CT molecular complexity index is 2720. The zero-order chi connectivity index (χ0) is 49.4. The Morgan fingerprint density at radius 1 is 0.265 bits per heavy atom. The fourth-order valence-corrected chi connectivity index (χ4v) is 12.0. The minimum atomic E-state index is -0.329. The van der Waals surface area contributed by atoms with Gasteiger partial charge in [-0.3, -0.25) is 0 Å². The average Bonchev–Trinajstić information content (AvgIpc) is 3.21. The molecule has 10 rings (SSSR count). The van der Waals surface area contributed by atoms with Gasteiger partial charge in [0.2, 0.25) is 0 Å². The molecule has 0 fully saturated rings. The molecular weight excluding hydrogens is 825 g/mol. The highest BCUT2D eigenvalue weighted by Crippen LogP contribution is 2.64. The molecule has 4 nitrogen and oxygen atoms in total. The molecule has 0 saturated heterocycles. The van der Waals surface area contributed by atoms with Crippen molar-refractivity contribution in [2.75, 3.05) is 21.3 Å². The normalized spacial score (nSPS) is 17.8. The number of rotatable bonds is 1. The van der Waals surface area contributed by atoms with Crippen molar-refractivity contribution in [3.05, 3.63) is 152 Å². The molecule has 0 spiro atoms. The van der Waals surface area contributed by atoms with Crippen molar-refractivity contribution in [3.63, 3.8) is 0 Å². The molecule has 0 atom stereocenters. The van der Waals surface area contributed by atoms with Gasteiger partial charge in [0.1, 0.15) is 0 Å². The minimum Gasteiger partial charge on any atom is -0.354 e. The van der Waals surface area contributed by atoms with Gasteiger partial charge >= 0.3 is 0 Å². The predicted octanol–water partition coefficient (Wildman–Crippen LogP) is 18.1. The third kappa shape index (κ3) is 6.73. The number of hydrogen-bond donors (Lipinski definition) is 4. The molecule has 4 aliphatic heterocycles. The highest BCUT2D eigenvalue weighted by molar-refractivity contribution is 6.10. The lowest BCUT2D eigenvalue weighted by atomic mass is 9.64. The van der Waals surface area contributed by atoms with Crippen molar-refractivity contribution >= 4 is 45.5 Å². The molecule has 0 unspecified atom stereocenters. The molecule has 0 saturated carbocycles. The van der Waals surface area contributed by atoms with Crippen LogP contribution < -0.4 is 21.3 Å². The summed E-state index contributed by atoms with van der Waals surface area (Å²) in [5.41, 5.74) is 26.5. The smallest absolute Gasteiger partial charge is 0.0528 e. The molecule has 354 valence electrons. The van der Waals surface area contributed by atoms with Crippen molar-refractivity contribution in [1.29, 1.82) is 0 Å². The summed E-state index contributed by atoms with van der Waals surface area (Å²) < 4.78 is 0. The van der Waals surface area contributed by atoms with Gasteiger partial charge in [-0.25, -0.2) is 0 Å². The summed E-state index contributed by atoms with van der Waals surface area (Å²) in [6.45, 7) is 47.5. The van der Waals surface area contributed by atoms with E-state index in [1.807, 2.05) is 0 Å². The maximum absolute atomic E-state index is 4.22. The highest BCUT2D eigenvalue weighted by Gasteiger charge is 2.47. The van der Waals surface area contributed by atoms with Gasteiger partial charge < -0.3 is 21.3 Å². The largest absolute Gasteiger partial charge is 0.354 e. The third-order valence-corrected chi connectivity index (χ3v) is 16.9. The van der Waals surface area contributed by atoms with E-state index in [1.165, 1.54) is 123 Å². The molecule has 4 aliphatic rings. The molecule has 6 aromatic rings. The van der Waals surface area contributed by atoms with E-state index in [9.17, 15) is 0 Å². The summed E-state index contributed by atoms with van der Waals surface area (Å²) in [5.74, 6) is 0. The Hall–Kier alpha value is -5.48. The Labute approximate surface area is 409 Å². The predicted molar refractivity (Wildman–Crippen MR) is 294 cm³/mol. The summed E-state index contributed by atoms with van der Waals surface area (Å²) in [6, 6.07) is 33.7. The van der Waals surface area contributed by atoms with Crippen LogP contribution in [0.3, 0.4) is 0 Å². The maximum Gasteiger partial charge on any atom is 0.0528 e. The molecule has 0 radical (unpaired) electrons. The third-order valence-electron chi connectivity index (χ3n) is 16.9. The van der Waals surface area contributed by atoms with Crippen molar-refractivity contribution in [2.45, 2.75) is 182 Å². The van der Waals surface area contributed by atoms with Gasteiger partial charge in [0.25, 0.3) is 0 Å². The quantitative estimate of drug-likeness (QED) is 0.133.